The predicted molar refractivity (Wildman–Crippen MR) is 121 cm³/mol. The number of fused-ring (bicyclic) bond motifs is 1. The number of carbonyl (C=O) groups is 1. The van der Waals surface area contributed by atoms with Crippen LogP contribution in [0.4, 0.5) is 19.0 Å². The van der Waals surface area contributed by atoms with E-state index in [4.69, 9.17) is 23.2 Å². The summed E-state index contributed by atoms with van der Waals surface area (Å²) in [6.45, 7) is 4.81. The first kappa shape index (κ1) is 23.9. The second-order valence-corrected chi connectivity index (χ2v) is 9.07. The number of amides is 1. The van der Waals surface area contributed by atoms with Gasteiger partial charge < -0.3 is 15.5 Å². The number of carbonyl (C=O) groups excluding carboxylic acids is 1. The first-order valence-electron chi connectivity index (χ1n) is 10.7. The summed E-state index contributed by atoms with van der Waals surface area (Å²) < 4.78 is 41.3. The molecule has 1 saturated heterocycles. The fourth-order valence-electron chi connectivity index (χ4n) is 4.30. The molecule has 11 heteroatoms. The molecule has 33 heavy (non-hydrogen) atoms. The third-order valence-electron chi connectivity index (χ3n) is 5.93. The zero-order valence-corrected chi connectivity index (χ0v) is 19.5. The molecule has 2 aliphatic rings. The van der Waals surface area contributed by atoms with Crippen molar-refractivity contribution in [2.45, 2.75) is 38.4 Å². The van der Waals surface area contributed by atoms with Gasteiger partial charge in [-0.25, -0.2) is 4.68 Å². The summed E-state index contributed by atoms with van der Waals surface area (Å²) in [6.07, 6.45) is -1.12. The van der Waals surface area contributed by atoms with Gasteiger partial charge in [0.05, 0.1) is 15.6 Å². The molecule has 0 spiro atoms. The number of rotatable bonds is 5. The molecule has 1 amide bonds. The Hall–Kier alpha value is -2.23. The summed E-state index contributed by atoms with van der Waals surface area (Å²) in [6, 6.07) is 4.77. The van der Waals surface area contributed by atoms with Gasteiger partial charge in [-0.05, 0) is 50.6 Å². The Morgan fingerprint density at radius 3 is 2.58 bits per heavy atom. The highest BCUT2D eigenvalue weighted by molar-refractivity contribution is 6.42. The standard InChI is InChI=1S/C22H24Cl2F3N5O/c1-13-19(21(33)28-7-10-31-8-3-2-4-9-31)20(14-5-6-15(23)16(24)11-14)32-18(29-13)12-17(30-32)22(25,26)27/h5-6,11-12,20,29H,2-4,7-10H2,1H3,(H,28,33). The minimum absolute atomic E-state index is 0.140. The topological polar surface area (TPSA) is 62.2 Å². The Bertz CT molecular complexity index is 1080. The average Bonchev–Trinajstić information content (AvgIpc) is 3.19. The van der Waals surface area contributed by atoms with Crippen LogP contribution in [0.3, 0.4) is 0 Å². The normalized spacial score (nSPS) is 19.3. The van der Waals surface area contributed by atoms with E-state index in [1.54, 1.807) is 25.1 Å². The SMILES string of the molecule is CC1=C(C(=O)NCCN2CCCCC2)C(c2ccc(Cl)c(Cl)c2)n2nc(C(F)(F)F)cc2N1. The number of alkyl halides is 3. The Balaban J connectivity index is 1.65. The van der Waals surface area contributed by atoms with Crippen molar-refractivity contribution < 1.29 is 18.0 Å². The van der Waals surface area contributed by atoms with Crippen molar-refractivity contribution >= 4 is 34.9 Å². The van der Waals surface area contributed by atoms with Crippen LogP contribution < -0.4 is 10.6 Å². The lowest BCUT2D eigenvalue weighted by Gasteiger charge is -2.30. The van der Waals surface area contributed by atoms with Crippen molar-refractivity contribution in [1.29, 1.82) is 0 Å². The second-order valence-electron chi connectivity index (χ2n) is 8.26. The number of nitrogens with zero attached hydrogens (tertiary/aromatic N) is 3. The van der Waals surface area contributed by atoms with Crippen molar-refractivity contribution in [3.05, 3.63) is 56.8 Å². The molecular formula is C22H24Cl2F3N5O. The molecule has 0 radical (unpaired) electrons. The minimum Gasteiger partial charge on any atom is -0.351 e. The summed E-state index contributed by atoms with van der Waals surface area (Å²) in [7, 11) is 0. The summed E-state index contributed by atoms with van der Waals surface area (Å²) in [4.78, 5) is 15.5. The van der Waals surface area contributed by atoms with E-state index in [1.165, 1.54) is 11.1 Å². The number of hydrogen-bond donors (Lipinski definition) is 2. The number of halogens is 5. The van der Waals surface area contributed by atoms with Gasteiger partial charge in [0.2, 0.25) is 0 Å². The molecule has 2 aliphatic heterocycles. The van der Waals surface area contributed by atoms with E-state index in [9.17, 15) is 18.0 Å². The first-order chi connectivity index (χ1) is 15.6. The molecule has 178 valence electrons. The fraction of sp³-hybridized carbons (Fsp3) is 0.455. The van der Waals surface area contributed by atoms with Gasteiger partial charge in [-0.3, -0.25) is 4.79 Å². The van der Waals surface area contributed by atoms with Gasteiger partial charge in [0.1, 0.15) is 11.9 Å². The first-order valence-corrected chi connectivity index (χ1v) is 11.5. The summed E-state index contributed by atoms with van der Waals surface area (Å²) in [5.74, 6) is -0.233. The predicted octanol–water partition coefficient (Wildman–Crippen LogP) is 5.10. The van der Waals surface area contributed by atoms with Gasteiger partial charge in [0, 0.05) is 24.9 Å². The van der Waals surface area contributed by atoms with Crippen LogP contribution in [-0.2, 0) is 11.0 Å². The molecule has 1 aromatic heterocycles. The summed E-state index contributed by atoms with van der Waals surface area (Å²) in [5.41, 5.74) is 0.179. The van der Waals surface area contributed by atoms with E-state index < -0.39 is 17.9 Å². The fourth-order valence-corrected chi connectivity index (χ4v) is 4.61. The lowest BCUT2D eigenvalue weighted by atomic mass is 9.95. The highest BCUT2D eigenvalue weighted by Gasteiger charge is 2.39. The van der Waals surface area contributed by atoms with Crippen LogP contribution in [0, 0.1) is 0 Å². The number of likely N-dealkylation sites (tertiary alicyclic amines) is 1. The lowest BCUT2D eigenvalue weighted by molar-refractivity contribution is -0.141. The van der Waals surface area contributed by atoms with E-state index >= 15 is 0 Å². The molecule has 1 atom stereocenters. The van der Waals surface area contributed by atoms with Gasteiger partial charge >= 0.3 is 6.18 Å². The Kier molecular flexibility index (Phi) is 6.93. The van der Waals surface area contributed by atoms with Crippen LogP contribution in [0.25, 0.3) is 0 Å². The number of hydrogen-bond acceptors (Lipinski definition) is 4. The smallest absolute Gasteiger partial charge is 0.351 e. The molecule has 6 nitrogen and oxygen atoms in total. The molecule has 0 saturated carbocycles. The number of allylic oxidation sites excluding steroid dienone is 1. The number of nitrogens with one attached hydrogen (secondary N) is 2. The van der Waals surface area contributed by atoms with E-state index in [2.05, 4.69) is 20.6 Å². The van der Waals surface area contributed by atoms with Crippen LogP contribution in [0.15, 0.2) is 35.5 Å². The van der Waals surface area contributed by atoms with Crippen LogP contribution in [0.2, 0.25) is 10.0 Å². The van der Waals surface area contributed by atoms with Crippen LogP contribution in [0.5, 0.6) is 0 Å². The molecule has 1 fully saturated rings. The lowest BCUT2D eigenvalue weighted by Crippen LogP contribution is -2.40. The van der Waals surface area contributed by atoms with E-state index in [-0.39, 0.29) is 22.3 Å². The average molecular weight is 502 g/mol. The second kappa shape index (κ2) is 9.56. The Morgan fingerprint density at radius 1 is 1.18 bits per heavy atom. The van der Waals surface area contributed by atoms with Crippen molar-refractivity contribution in [2.24, 2.45) is 0 Å². The quantitative estimate of drug-likeness (QED) is 0.598. The van der Waals surface area contributed by atoms with Crippen molar-refractivity contribution in [3.63, 3.8) is 0 Å². The molecule has 2 aromatic rings. The third kappa shape index (κ3) is 5.15. The molecule has 2 N–H and O–H groups in total. The van der Waals surface area contributed by atoms with Crippen molar-refractivity contribution in [2.75, 3.05) is 31.5 Å². The van der Waals surface area contributed by atoms with Crippen LogP contribution in [0.1, 0.15) is 43.5 Å². The monoisotopic (exact) mass is 501 g/mol. The Morgan fingerprint density at radius 2 is 1.91 bits per heavy atom. The zero-order valence-electron chi connectivity index (χ0n) is 18.0. The molecule has 1 unspecified atom stereocenters. The van der Waals surface area contributed by atoms with Gasteiger partial charge in [0.15, 0.2) is 5.69 Å². The molecule has 1 aromatic carbocycles. The van der Waals surface area contributed by atoms with Gasteiger partial charge in [-0.15, -0.1) is 0 Å². The van der Waals surface area contributed by atoms with Gasteiger partial charge in [0.25, 0.3) is 5.91 Å². The minimum atomic E-state index is -4.63. The number of piperidine rings is 1. The number of benzene rings is 1. The highest BCUT2D eigenvalue weighted by Crippen LogP contribution is 2.40. The maximum atomic E-state index is 13.4. The molecule has 3 heterocycles. The van der Waals surface area contributed by atoms with E-state index in [1.807, 2.05) is 0 Å². The molecule has 0 aliphatic carbocycles. The van der Waals surface area contributed by atoms with Gasteiger partial charge in [-0.2, -0.15) is 18.3 Å². The van der Waals surface area contributed by atoms with Crippen molar-refractivity contribution in [3.8, 4) is 0 Å². The zero-order chi connectivity index (χ0) is 23.8. The van der Waals surface area contributed by atoms with Crippen LogP contribution in [-0.4, -0.2) is 46.8 Å². The third-order valence-corrected chi connectivity index (χ3v) is 6.67. The van der Waals surface area contributed by atoms with E-state index in [0.717, 1.165) is 32.0 Å². The van der Waals surface area contributed by atoms with Crippen LogP contribution >= 0.6 is 23.2 Å². The molecular weight excluding hydrogens is 478 g/mol. The summed E-state index contributed by atoms with van der Waals surface area (Å²) >= 11 is 12.2. The number of aromatic nitrogens is 2. The summed E-state index contributed by atoms with van der Waals surface area (Å²) in [5, 5.41) is 10.1. The van der Waals surface area contributed by atoms with Gasteiger partial charge in [-0.1, -0.05) is 35.7 Å². The number of anilines is 1. The maximum absolute atomic E-state index is 13.4. The van der Waals surface area contributed by atoms with E-state index in [0.29, 0.717) is 29.4 Å². The molecule has 4 rings (SSSR count). The largest absolute Gasteiger partial charge is 0.435 e. The van der Waals surface area contributed by atoms with Crippen molar-refractivity contribution in [1.82, 2.24) is 20.0 Å². The molecule has 0 bridgehead atoms. The maximum Gasteiger partial charge on any atom is 0.435 e. The highest BCUT2D eigenvalue weighted by atomic mass is 35.5. The Labute approximate surface area is 199 Å².